The third-order valence-electron chi connectivity index (χ3n) is 2.80. The first-order valence-electron chi connectivity index (χ1n) is 6.57. The highest BCUT2D eigenvalue weighted by Gasteiger charge is 2.05. The van der Waals surface area contributed by atoms with E-state index < -0.39 is 0 Å². The van der Waals surface area contributed by atoms with E-state index in [-0.39, 0.29) is 0 Å². The molecule has 0 aromatic rings. The van der Waals surface area contributed by atoms with E-state index in [2.05, 4.69) is 19.2 Å². The Balaban J connectivity index is 3.44. The lowest BCUT2D eigenvalue weighted by Gasteiger charge is -2.17. The number of hydrogen-bond acceptors (Lipinski definition) is 2. The molecule has 92 valence electrons. The van der Waals surface area contributed by atoms with Gasteiger partial charge in [-0.25, -0.2) is 0 Å². The minimum Gasteiger partial charge on any atom is -0.385 e. The first kappa shape index (κ1) is 14.9. The van der Waals surface area contributed by atoms with Crippen molar-refractivity contribution in [1.82, 2.24) is 5.32 Å². The molecule has 0 rings (SSSR count). The van der Waals surface area contributed by atoms with Crippen molar-refractivity contribution in [3.05, 3.63) is 0 Å². The van der Waals surface area contributed by atoms with Gasteiger partial charge in [0.2, 0.25) is 0 Å². The Kier molecular flexibility index (Phi) is 11.9. The normalized spacial score (nSPS) is 13.0. The van der Waals surface area contributed by atoms with Crippen LogP contribution in [0.5, 0.6) is 0 Å². The zero-order valence-corrected chi connectivity index (χ0v) is 10.8. The Hall–Kier alpha value is -0.0800. The second-order valence-corrected chi connectivity index (χ2v) is 4.24. The fraction of sp³-hybridized carbons (Fsp3) is 1.00. The maximum Gasteiger partial charge on any atom is 0.0462 e. The molecule has 0 aliphatic carbocycles. The molecule has 0 aliphatic rings. The van der Waals surface area contributed by atoms with Crippen LogP contribution in [0.25, 0.3) is 0 Å². The Bertz CT molecular complexity index is 117. The molecule has 0 aromatic heterocycles. The highest BCUT2D eigenvalue weighted by molar-refractivity contribution is 4.66. The summed E-state index contributed by atoms with van der Waals surface area (Å²) in [7, 11) is 1.78. The summed E-state index contributed by atoms with van der Waals surface area (Å²) in [6, 6.07) is 0.710. The molecule has 0 aromatic carbocycles. The molecule has 2 nitrogen and oxygen atoms in total. The molecule has 15 heavy (non-hydrogen) atoms. The summed E-state index contributed by atoms with van der Waals surface area (Å²) in [5, 5.41) is 3.56. The maximum absolute atomic E-state index is 5.09. The van der Waals surface area contributed by atoms with E-state index in [1.54, 1.807) is 7.11 Å². The molecule has 0 heterocycles. The van der Waals surface area contributed by atoms with E-state index in [0.717, 1.165) is 13.2 Å². The summed E-state index contributed by atoms with van der Waals surface area (Å²) in [4.78, 5) is 0. The van der Waals surface area contributed by atoms with Crippen LogP contribution in [0.1, 0.15) is 58.8 Å². The summed E-state index contributed by atoms with van der Waals surface area (Å²) < 4.78 is 5.09. The van der Waals surface area contributed by atoms with Crippen LogP contribution in [0.3, 0.4) is 0 Å². The number of hydrogen-bond donors (Lipinski definition) is 1. The van der Waals surface area contributed by atoms with E-state index >= 15 is 0 Å². The molecule has 1 atom stereocenters. The van der Waals surface area contributed by atoms with Crippen LogP contribution < -0.4 is 5.32 Å². The van der Waals surface area contributed by atoms with Gasteiger partial charge in [-0.05, 0) is 25.8 Å². The molecule has 0 aliphatic heterocycles. The first-order chi connectivity index (χ1) is 7.35. The Morgan fingerprint density at radius 1 is 1.00 bits per heavy atom. The minimum atomic E-state index is 0.710. The molecule has 1 unspecified atom stereocenters. The van der Waals surface area contributed by atoms with Gasteiger partial charge >= 0.3 is 0 Å². The van der Waals surface area contributed by atoms with Crippen molar-refractivity contribution in [2.45, 2.75) is 64.8 Å². The number of rotatable bonds is 11. The summed E-state index contributed by atoms with van der Waals surface area (Å²) in [6.07, 6.45) is 9.25. The van der Waals surface area contributed by atoms with Crippen LogP contribution in [0.2, 0.25) is 0 Å². The number of ether oxygens (including phenoxy) is 1. The number of nitrogens with one attached hydrogen (secondary N) is 1. The highest BCUT2D eigenvalue weighted by atomic mass is 16.5. The molecular formula is C13H29NO. The van der Waals surface area contributed by atoms with Crippen molar-refractivity contribution in [2.24, 2.45) is 0 Å². The Morgan fingerprint density at radius 3 is 2.33 bits per heavy atom. The largest absolute Gasteiger partial charge is 0.385 e. The van der Waals surface area contributed by atoms with E-state index in [1.807, 2.05) is 0 Å². The van der Waals surface area contributed by atoms with Crippen molar-refractivity contribution in [3.8, 4) is 0 Å². The van der Waals surface area contributed by atoms with Gasteiger partial charge < -0.3 is 10.1 Å². The van der Waals surface area contributed by atoms with Crippen molar-refractivity contribution < 1.29 is 4.74 Å². The van der Waals surface area contributed by atoms with Crippen LogP contribution in [-0.4, -0.2) is 26.3 Å². The van der Waals surface area contributed by atoms with Gasteiger partial charge in [0, 0.05) is 19.8 Å². The molecule has 0 bridgehead atoms. The number of unbranched alkanes of at least 4 members (excludes halogenated alkanes) is 3. The summed E-state index contributed by atoms with van der Waals surface area (Å²) >= 11 is 0. The molecule has 0 fully saturated rings. The van der Waals surface area contributed by atoms with Gasteiger partial charge in [-0.2, -0.15) is 0 Å². The average Bonchev–Trinajstić information content (AvgIpc) is 2.24. The van der Waals surface area contributed by atoms with Crippen LogP contribution >= 0.6 is 0 Å². The van der Waals surface area contributed by atoms with E-state index in [9.17, 15) is 0 Å². The lowest BCUT2D eigenvalue weighted by atomic mass is 10.0. The lowest BCUT2D eigenvalue weighted by molar-refractivity contribution is 0.188. The molecular weight excluding hydrogens is 186 g/mol. The fourth-order valence-electron chi connectivity index (χ4n) is 1.93. The standard InChI is InChI=1S/C13H29NO/c1-4-6-7-8-10-13(14-5-2)11-9-12-15-3/h13-14H,4-12H2,1-3H3. The molecule has 0 spiro atoms. The van der Waals surface area contributed by atoms with Gasteiger partial charge in [0.25, 0.3) is 0 Å². The van der Waals surface area contributed by atoms with Crippen molar-refractivity contribution in [3.63, 3.8) is 0 Å². The molecule has 1 N–H and O–H groups in total. The summed E-state index contributed by atoms with van der Waals surface area (Å²) in [5.41, 5.74) is 0. The van der Waals surface area contributed by atoms with Gasteiger partial charge in [-0.3, -0.25) is 0 Å². The Morgan fingerprint density at radius 2 is 1.73 bits per heavy atom. The van der Waals surface area contributed by atoms with E-state index in [0.29, 0.717) is 6.04 Å². The third-order valence-corrected chi connectivity index (χ3v) is 2.80. The monoisotopic (exact) mass is 215 g/mol. The van der Waals surface area contributed by atoms with Crippen molar-refractivity contribution >= 4 is 0 Å². The van der Waals surface area contributed by atoms with Crippen LogP contribution in [0.15, 0.2) is 0 Å². The fourth-order valence-corrected chi connectivity index (χ4v) is 1.93. The van der Waals surface area contributed by atoms with Gasteiger partial charge in [0.15, 0.2) is 0 Å². The van der Waals surface area contributed by atoms with Gasteiger partial charge in [0.05, 0.1) is 0 Å². The van der Waals surface area contributed by atoms with E-state index in [4.69, 9.17) is 4.74 Å². The topological polar surface area (TPSA) is 21.3 Å². The maximum atomic E-state index is 5.09. The lowest BCUT2D eigenvalue weighted by Crippen LogP contribution is -2.29. The van der Waals surface area contributed by atoms with Gasteiger partial charge in [0.1, 0.15) is 0 Å². The smallest absolute Gasteiger partial charge is 0.0462 e. The van der Waals surface area contributed by atoms with Crippen LogP contribution in [0, 0.1) is 0 Å². The minimum absolute atomic E-state index is 0.710. The molecule has 0 radical (unpaired) electrons. The predicted octanol–water partition coefficient (Wildman–Crippen LogP) is 3.36. The molecule has 2 heteroatoms. The second kappa shape index (κ2) is 12.0. The highest BCUT2D eigenvalue weighted by Crippen LogP contribution is 2.09. The molecule has 0 saturated carbocycles. The zero-order valence-electron chi connectivity index (χ0n) is 10.8. The Labute approximate surface area is 95.8 Å². The number of methoxy groups -OCH3 is 1. The SMILES string of the molecule is CCCCCCC(CCCOC)NCC. The van der Waals surface area contributed by atoms with E-state index in [1.165, 1.54) is 44.9 Å². The van der Waals surface area contributed by atoms with Gasteiger partial charge in [-0.1, -0.05) is 39.5 Å². The second-order valence-electron chi connectivity index (χ2n) is 4.24. The van der Waals surface area contributed by atoms with Crippen LogP contribution in [-0.2, 0) is 4.74 Å². The summed E-state index contributed by atoms with van der Waals surface area (Å²) in [6.45, 7) is 6.44. The van der Waals surface area contributed by atoms with Crippen molar-refractivity contribution in [1.29, 1.82) is 0 Å². The van der Waals surface area contributed by atoms with Gasteiger partial charge in [-0.15, -0.1) is 0 Å². The molecule has 0 amide bonds. The zero-order chi connectivity index (χ0) is 11.4. The average molecular weight is 215 g/mol. The summed E-state index contributed by atoms with van der Waals surface area (Å²) in [5.74, 6) is 0. The third kappa shape index (κ3) is 10.2. The van der Waals surface area contributed by atoms with Crippen LogP contribution in [0.4, 0.5) is 0 Å². The molecule has 0 saturated heterocycles. The first-order valence-corrected chi connectivity index (χ1v) is 6.57. The quantitative estimate of drug-likeness (QED) is 0.534. The van der Waals surface area contributed by atoms with Crippen molar-refractivity contribution in [2.75, 3.05) is 20.3 Å². The predicted molar refractivity (Wildman–Crippen MR) is 67.3 cm³/mol.